The highest BCUT2D eigenvalue weighted by molar-refractivity contribution is 7.99. The van der Waals surface area contributed by atoms with E-state index in [2.05, 4.69) is 36.7 Å². The van der Waals surface area contributed by atoms with Gasteiger partial charge in [0.1, 0.15) is 0 Å². The molecule has 3 heteroatoms. The summed E-state index contributed by atoms with van der Waals surface area (Å²) in [5.41, 5.74) is 0. The molecule has 1 aromatic heterocycles. The van der Waals surface area contributed by atoms with Gasteiger partial charge in [-0.15, -0.1) is 11.8 Å². The van der Waals surface area contributed by atoms with Crippen molar-refractivity contribution in [3.63, 3.8) is 0 Å². The predicted molar refractivity (Wildman–Crippen MR) is 62.6 cm³/mol. The van der Waals surface area contributed by atoms with Crippen molar-refractivity contribution in [1.29, 1.82) is 0 Å². The van der Waals surface area contributed by atoms with E-state index < -0.39 is 0 Å². The van der Waals surface area contributed by atoms with Gasteiger partial charge in [0, 0.05) is 23.0 Å². The highest BCUT2D eigenvalue weighted by Crippen LogP contribution is 2.21. The van der Waals surface area contributed by atoms with Crippen LogP contribution in [0.4, 0.5) is 0 Å². The van der Waals surface area contributed by atoms with Crippen LogP contribution < -0.4 is 0 Å². The van der Waals surface area contributed by atoms with Crippen molar-refractivity contribution in [1.82, 2.24) is 4.98 Å². The van der Waals surface area contributed by atoms with Crippen molar-refractivity contribution in [2.24, 2.45) is 5.92 Å². The van der Waals surface area contributed by atoms with Gasteiger partial charge in [-0.3, -0.25) is 4.98 Å². The van der Waals surface area contributed by atoms with Gasteiger partial charge < -0.3 is 0 Å². The standard InChI is InChI=1S/C10H15NS2/c1-2-9(7-12)8-13-10-3-5-11-6-4-10/h3-6,9,12H,2,7-8H2,1H3. The first-order chi connectivity index (χ1) is 6.36. The molecule has 1 aromatic rings. The first-order valence-corrected chi connectivity index (χ1v) is 6.12. The number of rotatable bonds is 5. The maximum absolute atomic E-state index is 4.32. The fourth-order valence-electron chi connectivity index (χ4n) is 0.948. The van der Waals surface area contributed by atoms with Gasteiger partial charge in [0.15, 0.2) is 0 Å². The van der Waals surface area contributed by atoms with Crippen LogP contribution >= 0.6 is 24.4 Å². The second-order valence-electron chi connectivity index (χ2n) is 2.95. The molecule has 1 unspecified atom stereocenters. The molecule has 0 bridgehead atoms. The number of hydrogen-bond donors (Lipinski definition) is 1. The van der Waals surface area contributed by atoms with Gasteiger partial charge in [0.2, 0.25) is 0 Å². The maximum Gasteiger partial charge on any atom is 0.0278 e. The number of nitrogens with zero attached hydrogens (tertiary/aromatic N) is 1. The van der Waals surface area contributed by atoms with Gasteiger partial charge in [-0.05, 0) is 23.8 Å². The average Bonchev–Trinajstić information content (AvgIpc) is 2.21. The number of pyridine rings is 1. The summed E-state index contributed by atoms with van der Waals surface area (Å²) in [6.45, 7) is 2.22. The van der Waals surface area contributed by atoms with Crippen LogP contribution in [0.2, 0.25) is 0 Å². The van der Waals surface area contributed by atoms with Crippen LogP contribution in [0.15, 0.2) is 29.4 Å². The normalized spacial score (nSPS) is 12.8. The van der Waals surface area contributed by atoms with Gasteiger partial charge in [0.25, 0.3) is 0 Å². The molecule has 1 nitrogen and oxygen atoms in total. The lowest BCUT2D eigenvalue weighted by Gasteiger charge is -2.10. The summed E-state index contributed by atoms with van der Waals surface area (Å²) in [6, 6.07) is 4.10. The van der Waals surface area contributed by atoms with Crippen molar-refractivity contribution < 1.29 is 0 Å². The first kappa shape index (κ1) is 10.9. The molecule has 0 fully saturated rings. The van der Waals surface area contributed by atoms with Crippen molar-refractivity contribution >= 4 is 24.4 Å². The van der Waals surface area contributed by atoms with Crippen LogP contribution in [0.1, 0.15) is 13.3 Å². The number of aromatic nitrogens is 1. The molecule has 0 amide bonds. The van der Waals surface area contributed by atoms with Crippen LogP contribution in [0.25, 0.3) is 0 Å². The summed E-state index contributed by atoms with van der Waals surface area (Å²) in [6.07, 6.45) is 4.88. The zero-order valence-electron chi connectivity index (χ0n) is 7.81. The summed E-state index contributed by atoms with van der Waals surface area (Å²) in [5.74, 6) is 2.86. The molecule has 1 rings (SSSR count). The second kappa shape index (κ2) is 6.33. The fraction of sp³-hybridized carbons (Fsp3) is 0.500. The van der Waals surface area contributed by atoms with Crippen molar-refractivity contribution in [3.05, 3.63) is 24.5 Å². The largest absolute Gasteiger partial charge is 0.265 e. The van der Waals surface area contributed by atoms with Gasteiger partial charge in [-0.2, -0.15) is 12.6 Å². The van der Waals surface area contributed by atoms with Crippen LogP contribution in [0.5, 0.6) is 0 Å². The highest BCUT2D eigenvalue weighted by Gasteiger charge is 2.03. The smallest absolute Gasteiger partial charge is 0.0278 e. The van der Waals surface area contributed by atoms with Crippen LogP contribution in [-0.4, -0.2) is 16.5 Å². The van der Waals surface area contributed by atoms with Crippen molar-refractivity contribution in [3.8, 4) is 0 Å². The lowest BCUT2D eigenvalue weighted by atomic mass is 10.2. The van der Waals surface area contributed by atoms with Gasteiger partial charge in [-0.25, -0.2) is 0 Å². The predicted octanol–water partition coefficient (Wildman–Crippen LogP) is 3.13. The fourth-order valence-corrected chi connectivity index (χ4v) is 2.61. The van der Waals surface area contributed by atoms with Crippen LogP contribution in [0.3, 0.4) is 0 Å². The molecule has 0 saturated heterocycles. The summed E-state index contributed by atoms with van der Waals surface area (Å²) in [5, 5.41) is 0. The third-order valence-corrected chi connectivity index (χ3v) is 3.73. The number of hydrogen-bond acceptors (Lipinski definition) is 3. The van der Waals surface area contributed by atoms with E-state index in [-0.39, 0.29) is 0 Å². The lowest BCUT2D eigenvalue weighted by Crippen LogP contribution is -2.03. The number of thioether (sulfide) groups is 1. The van der Waals surface area contributed by atoms with Crippen LogP contribution in [-0.2, 0) is 0 Å². The Kier molecular flexibility index (Phi) is 5.32. The summed E-state index contributed by atoms with van der Waals surface area (Å²) >= 11 is 6.21. The Balaban J connectivity index is 2.34. The number of thiol groups is 1. The van der Waals surface area contributed by atoms with E-state index in [0.717, 1.165) is 17.4 Å². The van der Waals surface area contributed by atoms with Gasteiger partial charge in [-0.1, -0.05) is 13.3 Å². The molecular formula is C10H15NS2. The topological polar surface area (TPSA) is 12.9 Å². The summed E-state index contributed by atoms with van der Waals surface area (Å²) < 4.78 is 0. The summed E-state index contributed by atoms with van der Waals surface area (Å²) in [4.78, 5) is 5.29. The van der Waals surface area contributed by atoms with E-state index in [1.165, 1.54) is 11.3 Å². The maximum atomic E-state index is 4.32. The molecule has 0 spiro atoms. The third kappa shape index (κ3) is 4.05. The van der Waals surface area contributed by atoms with E-state index in [1.54, 1.807) is 0 Å². The second-order valence-corrected chi connectivity index (χ2v) is 4.41. The molecule has 72 valence electrons. The summed E-state index contributed by atoms with van der Waals surface area (Å²) in [7, 11) is 0. The zero-order chi connectivity index (χ0) is 9.52. The minimum Gasteiger partial charge on any atom is -0.265 e. The highest BCUT2D eigenvalue weighted by atomic mass is 32.2. The van der Waals surface area contributed by atoms with E-state index >= 15 is 0 Å². The molecule has 1 atom stereocenters. The van der Waals surface area contributed by atoms with Gasteiger partial charge in [0.05, 0.1) is 0 Å². The molecule has 13 heavy (non-hydrogen) atoms. The molecular weight excluding hydrogens is 198 g/mol. The molecule has 0 aliphatic carbocycles. The molecule has 1 heterocycles. The van der Waals surface area contributed by atoms with E-state index in [0.29, 0.717) is 0 Å². The molecule has 0 aliphatic heterocycles. The Morgan fingerprint density at radius 3 is 2.69 bits per heavy atom. The quantitative estimate of drug-likeness (QED) is 0.596. The Hall–Kier alpha value is -0.150. The van der Waals surface area contributed by atoms with E-state index in [1.807, 2.05) is 24.2 Å². The Morgan fingerprint density at radius 2 is 2.15 bits per heavy atom. The molecule has 0 aliphatic rings. The molecule has 0 radical (unpaired) electrons. The molecule has 0 aromatic carbocycles. The third-order valence-electron chi connectivity index (χ3n) is 1.97. The SMILES string of the molecule is CCC(CS)CSc1ccncc1. The van der Waals surface area contributed by atoms with Crippen molar-refractivity contribution in [2.45, 2.75) is 18.2 Å². The average molecular weight is 213 g/mol. The Labute approximate surface area is 89.8 Å². The lowest BCUT2D eigenvalue weighted by molar-refractivity contribution is 0.649. The van der Waals surface area contributed by atoms with E-state index in [4.69, 9.17) is 0 Å². The Bertz CT molecular complexity index is 222. The zero-order valence-corrected chi connectivity index (χ0v) is 9.52. The Morgan fingerprint density at radius 1 is 1.46 bits per heavy atom. The van der Waals surface area contributed by atoms with Crippen LogP contribution in [0, 0.1) is 5.92 Å². The minimum atomic E-state index is 0.724. The molecule has 0 N–H and O–H groups in total. The first-order valence-electron chi connectivity index (χ1n) is 4.50. The van der Waals surface area contributed by atoms with E-state index in [9.17, 15) is 0 Å². The molecule has 0 saturated carbocycles. The van der Waals surface area contributed by atoms with Crippen molar-refractivity contribution in [2.75, 3.05) is 11.5 Å². The minimum absolute atomic E-state index is 0.724. The van der Waals surface area contributed by atoms with Gasteiger partial charge >= 0.3 is 0 Å². The monoisotopic (exact) mass is 213 g/mol.